The van der Waals surface area contributed by atoms with Gasteiger partial charge in [0, 0.05) is 12.4 Å². The van der Waals surface area contributed by atoms with Crippen molar-refractivity contribution in [2.75, 3.05) is 29.4 Å². The summed E-state index contributed by atoms with van der Waals surface area (Å²) in [5.74, 6) is 0.422. The lowest BCUT2D eigenvalue weighted by Crippen LogP contribution is -2.22. The molecule has 1 N–H and O–H groups in total. The minimum Gasteiger partial charge on any atom is -0.299 e. The molecule has 0 bridgehead atoms. The molecule has 0 spiro atoms. The summed E-state index contributed by atoms with van der Waals surface area (Å²) in [6, 6.07) is 7.61. The minimum atomic E-state index is -3.31. The van der Waals surface area contributed by atoms with E-state index in [2.05, 4.69) is 9.62 Å². The van der Waals surface area contributed by atoms with Gasteiger partial charge in [-0.25, -0.2) is 8.42 Å². The zero-order valence-electron chi connectivity index (χ0n) is 11.5. The third-order valence-corrected chi connectivity index (χ3v) is 5.05. The Morgan fingerprint density at radius 1 is 1.20 bits per heavy atom. The number of anilines is 1. The van der Waals surface area contributed by atoms with Crippen molar-refractivity contribution < 1.29 is 8.42 Å². The molecule has 20 heavy (non-hydrogen) atoms. The number of hydrogen-bond donors (Lipinski definition) is 1. The van der Waals surface area contributed by atoms with E-state index < -0.39 is 10.0 Å². The van der Waals surface area contributed by atoms with Crippen molar-refractivity contribution in [3.05, 3.63) is 29.8 Å². The maximum absolute atomic E-state index is 12.0. The third kappa shape index (κ3) is 4.65. The van der Waals surface area contributed by atoms with Gasteiger partial charge >= 0.3 is 0 Å². The lowest BCUT2D eigenvalue weighted by molar-refractivity contribution is 0.332. The molecule has 1 heterocycles. The first-order valence-corrected chi connectivity index (χ1v) is 9.16. The molecule has 4 nitrogen and oxygen atoms in total. The van der Waals surface area contributed by atoms with Crippen molar-refractivity contribution >= 4 is 27.3 Å². The minimum absolute atomic E-state index is 0.0640. The molecule has 1 aromatic carbocycles. The fourth-order valence-corrected chi connectivity index (χ4v) is 3.86. The topological polar surface area (TPSA) is 49.4 Å². The van der Waals surface area contributed by atoms with Gasteiger partial charge in [0.1, 0.15) is 0 Å². The fourth-order valence-electron chi connectivity index (χ4n) is 2.40. The molecule has 1 fully saturated rings. The summed E-state index contributed by atoms with van der Waals surface area (Å²) in [7, 11) is -3.31. The second kappa shape index (κ2) is 7.29. The number of halogens is 1. The van der Waals surface area contributed by atoms with E-state index >= 15 is 0 Å². The Morgan fingerprint density at radius 3 is 2.60 bits per heavy atom. The van der Waals surface area contributed by atoms with Crippen molar-refractivity contribution in [1.82, 2.24) is 4.90 Å². The predicted octanol–water partition coefficient (Wildman–Crippen LogP) is 2.65. The quantitative estimate of drug-likeness (QED) is 0.787. The summed E-state index contributed by atoms with van der Waals surface area (Å²) >= 11 is 5.56. The SMILES string of the molecule is O=S(=O)(CCCCl)Nc1ccccc1CN1CCCC1. The lowest BCUT2D eigenvalue weighted by atomic mass is 10.2. The van der Waals surface area contributed by atoms with Gasteiger partial charge in [-0.05, 0) is 44.0 Å². The molecule has 1 aliphatic heterocycles. The highest BCUT2D eigenvalue weighted by atomic mass is 35.5. The largest absolute Gasteiger partial charge is 0.299 e. The van der Waals surface area contributed by atoms with Gasteiger partial charge in [-0.15, -0.1) is 11.6 Å². The van der Waals surface area contributed by atoms with Crippen LogP contribution in [0.5, 0.6) is 0 Å². The Labute approximate surface area is 126 Å². The molecule has 0 amide bonds. The Hall–Kier alpha value is -0.780. The molecule has 112 valence electrons. The highest BCUT2D eigenvalue weighted by molar-refractivity contribution is 7.92. The van der Waals surface area contributed by atoms with Crippen molar-refractivity contribution in [3.63, 3.8) is 0 Å². The summed E-state index contributed by atoms with van der Waals surface area (Å²) in [6.45, 7) is 2.98. The van der Waals surface area contributed by atoms with E-state index in [4.69, 9.17) is 11.6 Å². The van der Waals surface area contributed by atoms with Crippen LogP contribution in [0, 0.1) is 0 Å². The van der Waals surface area contributed by atoms with Crippen LogP contribution in [0.1, 0.15) is 24.8 Å². The number of hydrogen-bond acceptors (Lipinski definition) is 3. The first-order chi connectivity index (χ1) is 9.61. The first kappa shape index (κ1) is 15.6. The van der Waals surface area contributed by atoms with Gasteiger partial charge in [0.05, 0.1) is 11.4 Å². The van der Waals surface area contributed by atoms with Gasteiger partial charge in [-0.2, -0.15) is 0 Å². The highest BCUT2D eigenvalue weighted by Gasteiger charge is 2.16. The van der Waals surface area contributed by atoms with Gasteiger partial charge in [-0.3, -0.25) is 9.62 Å². The predicted molar refractivity (Wildman–Crippen MR) is 83.7 cm³/mol. The molecule has 0 unspecified atom stereocenters. The number of nitrogens with zero attached hydrogens (tertiary/aromatic N) is 1. The third-order valence-electron chi connectivity index (χ3n) is 3.42. The fraction of sp³-hybridized carbons (Fsp3) is 0.571. The van der Waals surface area contributed by atoms with Crippen LogP contribution >= 0.6 is 11.6 Å². The molecule has 1 saturated heterocycles. The number of sulfonamides is 1. The van der Waals surface area contributed by atoms with E-state index in [1.54, 1.807) is 0 Å². The molecule has 0 saturated carbocycles. The van der Waals surface area contributed by atoms with E-state index in [-0.39, 0.29) is 5.75 Å². The van der Waals surface area contributed by atoms with Crippen LogP contribution in [-0.2, 0) is 16.6 Å². The Kier molecular flexibility index (Phi) is 5.69. The number of benzene rings is 1. The summed E-state index contributed by atoms with van der Waals surface area (Å²) in [5, 5.41) is 0. The summed E-state index contributed by atoms with van der Waals surface area (Å²) < 4.78 is 26.6. The zero-order valence-corrected chi connectivity index (χ0v) is 13.1. The van der Waals surface area contributed by atoms with E-state index in [0.717, 1.165) is 25.2 Å². The van der Waals surface area contributed by atoms with E-state index in [1.165, 1.54) is 12.8 Å². The summed E-state index contributed by atoms with van der Waals surface area (Å²) in [5.41, 5.74) is 1.72. The van der Waals surface area contributed by atoms with E-state index in [9.17, 15) is 8.42 Å². The Morgan fingerprint density at radius 2 is 1.90 bits per heavy atom. The molecular formula is C14H21ClN2O2S. The lowest BCUT2D eigenvalue weighted by Gasteiger charge is -2.18. The van der Waals surface area contributed by atoms with Crippen LogP contribution in [0.3, 0.4) is 0 Å². The summed E-state index contributed by atoms with van der Waals surface area (Å²) in [4.78, 5) is 2.35. The van der Waals surface area contributed by atoms with Crippen LogP contribution < -0.4 is 4.72 Å². The number of rotatable bonds is 7. The first-order valence-electron chi connectivity index (χ1n) is 6.97. The number of nitrogens with one attached hydrogen (secondary N) is 1. The molecule has 6 heteroatoms. The van der Waals surface area contributed by atoms with Gasteiger partial charge in [0.25, 0.3) is 0 Å². The number of para-hydroxylation sites is 1. The van der Waals surface area contributed by atoms with Crippen LogP contribution in [0.15, 0.2) is 24.3 Å². The van der Waals surface area contributed by atoms with Crippen molar-refractivity contribution in [3.8, 4) is 0 Å². The van der Waals surface area contributed by atoms with E-state index in [1.807, 2.05) is 24.3 Å². The van der Waals surface area contributed by atoms with Gasteiger partial charge in [-0.1, -0.05) is 18.2 Å². The molecule has 1 aliphatic rings. The molecule has 0 atom stereocenters. The number of likely N-dealkylation sites (tertiary alicyclic amines) is 1. The average molecular weight is 317 g/mol. The zero-order chi connectivity index (χ0) is 14.4. The van der Waals surface area contributed by atoms with Gasteiger partial charge in [0.2, 0.25) is 10.0 Å². The summed E-state index contributed by atoms with van der Waals surface area (Å²) in [6.07, 6.45) is 2.92. The van der Waals surface area contributed by atoms with Crippen molar-refractivity contribution in [2.24, 2.45) is 0 Å². The van der Waals surface area contributed by atoms with Gasteiger partial charge < -0.3 is 0 Å². The maximum atomic E-state index is 12.0. The van der Waals surface area contributed by atoms with Crippen LogP contribution in [0.4, 0.5) is 5.69 Å². The highest BCUT2D eigenvalue weighted by Crippen LogP contribution is 2.21. The molecule has 2 rings (SSSR count). The van der Waals surface area contributed by atoms with Crippen molar-refractivity contribution in [1.29, 1.82) is 0 Å². The van der Waals surface area contributed by atoms with Crippen LogP contribution in [0.25, 0.3) is 0 Å². The van der Waals surface area contributed by atoms with E-state index in [0.29, 0.717) is 18.0 Å². The van der Waals surface area contributed by atoms with Crippen LogP contribution in [0.2, 0.25) is 0 Å². The molecular weight excluding hydrogens is 296 g/mol. The number of alkyl halides is 1. The van der Waals surface area contributed by atoms with Crippen LogP contribution in [-0.4, -0.2) is 38.0 Å². The Balaban J connectivity index is 2.07. The standard InChI is InChI=1S/C14H21ClN2O2S/c15-8-5-11-20(18,19)16-14-7-2-1-6-13(14)12-17-9-3-4-10-17/h1-2,6-7,16H,3-5,8-12H2. The average Bonchev–Trinajstić information content (AvgIpc) is 2.91. The molecule has 0 aromatic heterocycles. The molecule has 1 aromatic rings. The second-order valence-electron chi connectivity index (χ2n) is 5.10. The Bertz CT molecular complexity index is 528. The van der Waals surface area contributed by atoms with Gasteiger partial charge in [0.15, 0.2) is 0 Å². The van der Waals surface area contributed by atoms with Crippen molar-refractivity contribution in [2.45, 2.75) is 25.8 Å². The maximum Gasteiger partial charge on any atom is 0.232 e. The monoisotopic (exact) mass is 316 g/mol. The molecule has 0 radical (unpaired) electrons. The normalized spacial score (nSPS) is 16.4. The smallest absolute Gasteiger partial charge is 0.232 e. The second-order valence-corrected chi connectivity index (χ2v) is 7.32. The molecule has 0 aliphatic carbocycles.